The minimum atomic E-state index is -0.220. The van der Waals surface area contributed by atoms with Crippen LogP contribution in [0.5, 0.6) is 0 Å². The van der Waals surface area contributed by atoms with E-state index < -0.39 is 0 Å². The third kappa shape index (κ3) is 2.54. The average Bonchev–Trinajstić information content (AvgIpc) is 2.85. The molecule has 3 aromatic rings. The van der Waals surface area contributed by atoms with Crippen molar-refractivity contribution in [3.05, 3.63) is 58.4 Å². The Kier molecular flexibility index (Phi) is 3.44. The number of hydrogen-bond acceptors (Lipinski definition) is 2. The average molecular weight is 334 g/mol. The topological polar surface area (TPSA) is 40.7 Å². The van der Waals surface area contributed by atoms with Crippen molar-refractivity contribution in [1.29, 1.82) is 0 Å². The van der Waals surface area contributed by atoms with Crippen LogP contribution in [0.4, 0.5) is 10.1 Å². The summed E-state index contributed by atoms with van der Waals surface area (Å²) in [6.45, 7) is 1.93. The van der Waals surface area contributed by atoms with Crippen LogP contribution in [0.3, 0.4) is 0 Å². The largest absolute Gasteiger partial charge is 0.378 e. The van der Waals surface area contributed by atoms with Gasteiger partial charge in [-0.3, -0.25) is 5.10 Å². The number of aromatic nitrogens is 2. The Labute approximate surface area is 124 Å². The molecule has 0 radical (unpaired) electrons. The molecule has 1 aromatic heterocycles. The van der Waals surface area contributed by atoms with Gasteiger partial charge in [-0.2, -0.15) is 5.10 Å². The maximum atomic E-state index is 13.9. The highest BCUT2D eigenvalue weighted by molar-refractivity contribution is 9.10. The Morgan fingerprint density at radius 1 is 1.25 bits per heavy atom. The van der Waals surface area contributed by atoms with Gasteiger partial charge >= 0.3 is 0 Å². The predicted molar refractivity (Wildman–Crippen MR) is 82.2 cm³/mol. The number of anilines is 1. The van der Waals surface area contributed by atoms with E-state index >= 15 is 0 Å². The van der Waals surface area contributed by atoms with Crippen molar-refractivity contribution < 1.29 is 4.39 Å². The van der Waals surface area contributed by atoms with Gasteiger partial charge in [-0.25, -0.2) is 4.39 Å². The molecule has 5 heteroatoms. The fraction of sp³-hybridized carbons (Fsp3) is 0.133. The number of nitrogens with one attached hydrogen (secondary N) is 2. The molecule has 0 fully saturated rings. The highest BCUT2D eigenvalue weighted by atomic mass is 79.9. The van der Waals surface area contributed by atoms with Crippen LogP contribution in [0.1, 0.15) is 18.5 Å². The number of hydrogen-bond donors (Lipinski definition) is 2. The number of fused-ring (bicyclic) bond motifs is 1. The smallest absolute Gasteiger partial charge is 0.129 e. The molecule has 0 spiro atoms. The van der Waals surface area contributed by atoms with Gasteiger partial charge < -0.3 is 5.32 Å². The molecule has 102 valence electrons. The van der Waals surface area contributed by atoms with Gasteiger partial charge in [0.05, 0.1) is 17.8 Å². The van der Waals surface area contributed by atoms with Crippen LogP contribution in [0.2, 0.25) is 0 Å². The van der Waals surface area contributed by atoms with Crippen molar-refractivity contribution in [2.24, 2.45) is 0 Å². The second-order valence-corrected chi connectivity index (χ2v) is 5.62. The highest BCUT2D eigenvalue weighted by Gasteiger charge is 2.11. The van der Waals surface area contributed by atoms with Crippen molar-refractivity contribution in [3.63, 3.8) is 0 Å². The zero-order chi connectivity index (χ0) is 14.1. The molecule has 1 heterocycles. The van der Waals surface area contributed by atoms with E-state index in [1.165, 1.54) is 6.07 Å². The number of nitrogens with zero attached hydrogens (tertiary/aromatic N) is 1. The molecule has 0 amide bonds. The highest BCUT2D eigenvalue weighted by Crippen LogP contribution is 2.25. The Bertz CT molecular complexity index is 754. The lowest BCUT2D eigenvalue weighted by Crippen LogP contribution is -2.08. The van der Waals surface area contributed by atoms with Gasteiger partial charge in [-0.15, -0.1) is 0 Å². The summed E-state index contributed by atoms with van der Waals surface area (Å²) in [6, 6.07) is 10.9. The summed E-state index contributed by atoms with van der Waals surface area (Å²) in [5.41, 5.74) is 2.52. The molecule has 20 heavy (non-hydrogen) atoms. The lowest BCUT2D eigenvalue weighted by atomic mass is 10.1. The van der Waals surface area contributed by atoms with E-state index in [1.54, 1.807) is 12.3 Å². The zero-order valence-corrected chi connectivity index (χ0v) is 12.4. The molecule has 0 aliphatic heterocycles. The van der Waals surface area contributed by atoms with Crippen LogP contribution >= 0.6 is 15.9 Å². The number of H-pyrrole nitrogens is 1. The molecule has 1 unspecified atom stereocenters. The lowest BCUT2D eigenvalue weighted by Gasteiger charge is -2.16. The normalized spacial score (nSPS) is 12.6. The van der Waals surface area contributed by atoms with E-state index in [-0.39, 0.29) is 11.9 Å². The Morgan fingerprint density at radius 2 is 2.10 bits per heavy atom. The molecule has 0 aliphatic rings. The first-order valence-electron chi connectivity index (χ1n) is 6.28. The standard InChI is InChI=1S/C15H13BrFN3/c1-9(13-5-3-11(16)6-14(13)17)19-12-4-2-10-8-18-20-15(10)7-12/h2-9,19H,1H3,(H,18,20). The van der Waals surface area contributed by atoms with Crippen LogP contribution in [0, 0.1) is 5.82 Å². The summed E-state index contributed by atoms with van der Waals surface area (Å²) in [7, 11) is 0. The van der Waals surface area contributed by atoms with Crippen molar-refractivity contribution in [2.75, 3.05) is 5.32 Å². The third-order valence-corrected chi connectivity index (χ3v) is 3.75. The summed E-state index contributed by atoms with van der Waals surface area (Å²) in [4.78, 5) is 0. The zero-order valence-electron chi connectivity index (χ0n) is 10.8. The summed E-state index contributed by atoms with van der Waals surface area (Å²) in [6.07, 6.45) is 1.77. The fourth-order valence-electron chi connectivity index (χ4n) is 2.21. The van der Waals surface area contributed by atoms with E-state index in [2.05, 4.69) is 31.4 Å². The number of aromatic amines is 1. The van der Waals surface area contributed by atoms with Crippen molar-refractivity contribution in [2.45, 2.75) is 13.0 Å². The maximum absolute atomic E-state index is 13.9. The molecule has 3 rings (SSSR count). The second-order valence-electron chi connectivity index (χ2n) is 4.70. The summed E-state index contributed by atoms with van der Waals surface area (Å²) >= 11 is 3.26. The minimum absolute atomic E-state index is 0.122. The SMILES string of the molecule is CC(Nc1ccc2cn[nH]c2c1)c1ccc(Br)cc1F. The molecular weight excluding hydrogens is 321 g/mol. The van der Waals surface area contributed by atoms with Gasteiger partial charge in [0.25, 0.3) is 0 Å². The molecule has 0 saturated carbocycles. The minimum Gasteiger partial charge on any atom is -0.378 e. The number of benzene rings is 2. The van der Waals surface area contributed by atoms with Crippen molar-refractivity contribution in [1.82, 2.24) is 10.2 Å². The molecule has 2 N–H and O–H groups in total. The van der Waals surface area contributed by atoms with Gasteiger partial charge in [-0.05, 0) is 37.3 Å². The van der Waals surface area contributed by atoms with E-state index in [0.29, 0.717) is 5.56 Å². The first-order chi connectivity index (χ1) is 9.63. The Morgan fingerprint density at radius 3 is 2.90 bits per heavy atom. The molecule has 0 aliphatic carbocycles. The van der Waals surface area contributed by atoms with E-state index in [9.17, 15) is 4.39 Å². The molecule has 0 bridgehead atoms. The maximum Gasteiger partial charge on any atom is 0.129 e. The Balaban J connectivity index is 1.85. The second kappa shape index (κ2) is 5.25. The molecule has 0 saturated heterocycles. The van der Waals surface area contributed by atoms with Gasteiger partial charge in [-0.1, -0.05) is 22.0 Å². The molecule has 2 aromatic carbocycles. The van der Waals surface area contributed by atoms with Crippen LogP contribution in [-0.2, 0) is 0 Å². The van der Waals surface area contributed by atoms with Gasteiger partial charge in [0.15, 0.2) is 0 Å². The quantitative estimate of drug-likeness (QED) is 0.733. The van der Waals surface area contributed by atoms with Crippen LogP contribution in [-0.4, -0.2) is 10.2 Å². The fourth-order valence-corrected chi connectivity index (χ4v) is 2.54. The molecule has 1 atom stereocenters. The van der Waals surface area contributed by atoms with Gasteiger partial charge in [0, 0.05) is 21.1 Å². The Hall–Kier alpha value is -1.88. The van der Waals surface area contributed by atoms with Gasteiger partial charge in [0.1, 0.15) is 5.82 Å². The summed E-state index contributed by atoms with van der Waals surface area (Å²) < 4.78 is 14.7. The van der Waals surface area contributed by atoms with Crippen LogP contribution in [0.25, 0.3) is 10.9 Å². The number of rotatable bonds is 3. The van der Waals surface area contributed by atoms with Crippen LogP contribution < -0.4 is 5.32 Å². The first kappa shape index (κ1) is 13.1. The van der Waals surface area contributed by atoms with E-state index in [0.717, 1.165) is 21.1 Å². The summed E-state index contributed by atoms with van der Waals surface area (Å²) in [5, 5.41) is 11.3. The van der Waals surface area contributed by atoms with Crippen molar-refractivity contribution in [3.8, 4) is 0 Å². The molecular formula is C15H13BrFN3. The molecule has 3 nitrogen and oxygen atoms in total. The summed E-state index contributed by atoms with van der Waals surface area (Å²) in [5.74, 6) is -0.220. The third-order valence-electron chi connectivity index (χ3n) is 3.25. The lowest BCUT2D eigenvalue weighted by molar-refractivity contribution is 0.599. The van der Waals surface area contributed by atoms with Crippen molar-refractivity contribution >= 4 is 32.5 Å². The van der Waals surface area contributed by atoms with Crippen LogP contribution in [0.15, 0.2) is 47.1 Å². The van der Waals surface area contributed by atoms with Gasteiger partial charge in [0.2, 0.25) is 0 Å². The predicted octanol–water partition coefficient (Wildman–Crippen LogP) is 4.64. The number of halogens is 2. The monoisotopic (exact) mass is 333 g/mol. The first-order valence-corrected chi connectivity index (χ1v) is 7.07. The van der Waals surface area contributed by atoms with E-state index in [4.69, 9.17) is 0 Å². The van der Waals surface area contributed by atoms with E-state index in [1.807, 2.05) is 31.2 Å².